The average Bonchev–Trinajstić information content (AvgIpc) is 3.28. The van der Waals surface area contributed by atoms with E-state index in [0.29, 0.717) is 11.5 Å². The number of sulfonamides is 1. The lowest BCUT2D eigenvalue weighted by Gasteiger charge is -2.19. The standard InChI is InChI=1S/C19H18N4O3S/c1-23-17-10-6-5-9-16(17)20-19(23)18(14-7-3-2-4-8-14)22-27(24,25)13-15-11-12-26-21-15/h2-12,18,22H,13H2,1H3/t18-/m0/s1. The van der Waals surface area contributed by atoms with Crippen molar-refractivity contribution in [2.75, 3.05) is 0 Å². The molecular formula is C19H18N4O3S. The van der Waals surface area contributed by atoms with Crippen LogP contribution in [-0.4, -0.2) is 23.1 Å². The van der Waals surface area contributed by atoms with Gasteiger partial charge in [-0.2, -0.15) is 4.72 Å². The molecule has 2 aromatic heterocycles. The zero-order chi connectivity index (χ0) is 18.9. The second-order valence-corrected chi connectivity index (χ2v) is 7.98. The summed E-state index contributed by atoms with van der Waals surface area (Å²) in [4.78, 5) is 4.67. The largest absolute Gasteiger partial charge is 0.364 e. The van der Waals surface area contributed by atoms with Crippen molar-refractivity contribution in [2.24, 2.45) is 7.05 Å². The molecule has 0 aliphatic carbocycles. The first kappa shape index (κ1) is 17.4. The molecule has 0 radical (unpaired) electrons. The summed E-state index contributed by atoms with van der Waals surface area (Å²) in [6.45, 7) is 0. The van der Waals surface area contributed by atoms with E-state index in [-0.39, 0.29) is 5.75 Å². The van der Waals surface area contributed by atoms with Crippen molar-refractivity contribution >= 4 is 21.1 Å². The van der Waals surface area contributed by atoms with Crippen molar-refractivity contribution in [3.8, 4) is 0 Å². The third kappa shape index (κ3) is 3.62. The number of benzene rings is 2. The third-order valence-corrected chi connectivity index (χ3v) is 5.61. The van der Waals surface area contributed by atoms with E-state index >= 15 is 0 Å². The van der Waals surface area contributed by atoms with Gasteiger partial charge in [0.15, 0.2) is 0 Å². The molecular weight excluding hydrogens is 364 g/mol. The Morgan fingerprint density at radius 2 is 1.81 bits per heavy atom. The molecule has 0 spiro atoms. The normalized spacial score (nSPS) is 13.1. The van der Waals surface area contributed by atoms with Crippen LogP contribution in [0.2, 0.25) is 0 Å². The van der Waals surface area contributed by atoms with Gasteiger partial charge in [-0.15, -0.1) is 0 Å². The minimum Gasteiger partial charge on any atom is -0.364 e. The van der Waals surface area contributed by atoms with Crippen molar-refractivity contribution in [1.29, 1.82) is 0 Å². The van der Waals surface area contributed by atoms with Crippen LogP contribution in [0.1, 0.15) is 23.1 Å². The molecule has 27 heavy (non-hydrogen) atoms. The van der Waals surface area contributed by atoms with Gasteiger partial charge in [0.2, 0.25) is 10.0 Å². The summed E-state index contributed by atoms with van der Waals surface area (Å²) in [6, 6.07) is 18.0. The van der Waals surface area contributed by atoms with Crippen molar-refractivity contribution < 1.29 is 12.9 Å². The number of fused-ring (bicyclic) bond motifs is 1. The highest BCUT2D eigenvalue weighted by atomic mass is 32.2. The Morgan fingerprint density at radius 3 is 2.52 bits per heavy atom. The predicted octanol–water partition coefficient (Wildman–Crippen LogP) is 2.77. The number of aryl methyl sites for hydroxylation is 1. The Labute approximate surface area is 156 Å². The molecule has 0 aliphatic rings. The second-order valence-electron chi connectivity index (χ2n) is 6.23. The smallest absolute Gasteiger partial charge is 0.218 e. The van der Waals surface area contributed by atoms with Crippen molar-refractivity contribution in [1.82, 2.24) is 19.4 Å². The van der Waals surface area contributed by atoms with Crippen LogP contribution in [0.4, 0.5) is 0 Å². The molecule has 0 bridgehead atoms. The van der Waals surface area contributed by atoms with E-state index in [1.165, 1.54) is 12.3 Å². The molecule has 1 N–H and O–H groups in total. The summed E-state index contributed by atoms with van der Waals surface area (Å²) in [5, 5.41) is 3.69. The number of imidazole rings is 1. The summed E-state index contributed by atoms with van der Waals surface area (Å²) >= 11 is 0. The quantitative estimate of drug-likeness (QED) is 0.554. The minimum atomic E-state index is -3.68. The van der Waals surface area contributed by atoms with E-state index in [2.05, 4.69) is 14.9 Å². The SMILES string of the molecule is Cn1c([C@@H](NS(=O)(=O)Cc2ccon2)c2ccccc2)nc2ccccc21. The van der Waals surface area contributed by atoms with Gasteiger partial charge >= 0.3 is 0 Å². The highest BCUT2D eigenvalue weighted by molar-refractivity contribution is 7.88. The fourth-order valence-electron chi connectivity index (χ4n) is 3.07. The highest BCUT2D eigenvalue weighted by Gasteiger charge is 2.26. The molecule has 2 aromatic carbocycles. The Balaban J connectivity index is 1.76. The van der Waals surface area contributed by atoms with Crippen LogP contribution in [0.5, 0.6) is 0 Å². The minimum absolute atomic E-state index is 0.267. The van der Waals surface area contributed by atoms with Crippen molar-refractivity contribution in [3.05, 3.63) is 84.0 Å². The first-order valence-corrected chi connectivity index (χ1v) is 10.0. The van der Waals surface area contributed by atoms with Crippen LogP contribution in [0.15, 0.2) is 71.4 Å². The molecule has 0 unspecified atom stereocenters. The number of hydrogen-bond donors (Lipinski definition) is 1. The van der Waals surface area contributed by atoms with E-state index in [1.54, 1.807) is 0 Å². The molecule has 1 atom stereocenters. The summed E-state index contributed by atoms with van der Waals surface area (Å²) < 4.78 is 34.9. The molecule has 0 fully saturated rings. The van der Waals surface area contributed by atoms with E-state index in [4.69, 9.17) is 4.52 Å². The van der Waals surface area contributed by atoms with Gasteiger partial charge in [-0.05, 0) is 17.7 Å². The van der Waals surface area contributed by atoms with Crippen molar-refractivity contribution in [3.63, 3.8) is 0 Å². The van der Waals surface area contributed by atoms with E-state index in [1.807, 2.05) is 66.2 Å². The first-order chi connectivity index (χ1) is 13.0. The van der Waals surface area contributed by atoms with Gasteiger partial charge in [0.1, 0.15) is 23.9 Å². The van der Waals surface area contributed by atoms with Crippen LogP contribution in [0.3, 0.4) is 0 Å². The maximum atomic E-state index is 12.8. The molecule has 0 saturated carbocycles. The average molecular weight is 382 g/mol. The lowest BCUT2D eigenvalue weighted by Crippen LogP contribution is -2.32. The van der Waals surface area contributed by atoms with Gasteiger partial charge in [0.25, 0.3) is 0 Å². The molecule has 7 nitrogen and oxygen atoms in total. The van der Waals surface area contributed by atoms with E-state index < -0.39 is 16.1 Å². The Bertz CT molecular complexity index is 1150. The summed E-state index contributed by atoms with van der Waals surface area (Å²) in [7, 11) is -1.80. The number of nitrogens with one attached hydrogen (secondary N) is 1. The van der Waals surface area contributed by atoms with Gasteiger partial charge in [0, 0.05) is 13.1 Å². The zero-order valence-electron chi connectivity index (χ0n) is 14.6. The monoisotopic (exact) mass is 382 g/mol. The zero-order valence-corrected chi connectivity index (χ0v) is 15.4. The fourth-order valence-corrected chi connectivity index (χ4v) is 4.29. The van der Waals surface area contributed by atoms with Gasteiger partial charge in [-0.1, -0.05) is 47.6 Å². The maximum Gasteiger partial charge on any atom is 0.218 e. The Hall–Kier alpha value is -2.97. The number of para-hydroxylation sites is 2. The van der Waals surface area contributed by atoms with E-state index in [0.717, 1.165) is 16.6 Å². The Morgan fingerprint density at radius 1 is 1.07 bits per heavy atom. The molecule has 0 saturated heterocycles. The predicted molar refractivity (Wildman–Crippen MR) is 101 cm³/mol. The molecule has 8 heteroatoms. The first-order valence-electron chi connectivity index (χ1n) is 8.39. The molecule has 138 valence electrons. The second kappa shape index (κ2) is 6.98. The molecule has 4 aromatic rings. The fraction of sp³-hybridized carbons (Fsp3) is 0.158. The summed E-state index contributed by atoms with van der Waals surface area (Å²) in [6.07, 6.45) is 1.35. The van der Waals surface area contributed by atoms with Crippen LogP contribution < -0.4 is 4.72 Å². The lowest BCUT2D eigenvalue weighted by atomic mass is 10.1. The highest BCUT2D eigenvalue weighted by Crippen LogP contribution is 2.26. The van der Waals surface area contributed by atoms with Gasteiger partial charge in [-0.25, -0.2) is 13.4 Å². The Kier molecular flexibility index (Phi) is 4.51. The van der Waals surface area contributed by atoms with Crippen LogP contribution in [0, 0.1) is 0 Å². The summed E-state index contributed by atoms with van der Waals surface area (Å²) in [5.74, 6) is 0.350. The van der Waals surface area contributed by atoms with Crippen molar-refractivity contribution in [2.45, 2.75) is 11.8 Å². The molecule has 0 amide bonds. The number of rotatable bonds is 6. The van der Waals surface area contributed by atoms with Gasteiger partial charge in [0.05, 0.1) is 16.7 Å². The maximum absolute atomic E-state index is 12.8. The lowest BCUT2D eigenvalue weighted by molar-refractivity contribution is 0.413. The third-order valence-electron chi connectivity index (χ3n) is 4.34. The number of aromatic nitrogens is 3. The topological polar surface area (TPSA) is 90.0 Å². The molecule has 2 heterocycles. The van der Waals surface area contributed by atoms with Crippen LogP contribution in [-0.2, 0) is 22.8 Å². The molecule has 0 aliphatic heterocycles. The van der Waals surface area contributed by atoms with Crippen LogP contribution in [0.25, 0.3) is 11.0 Å². The van der Waals surface area contributed by atoms with Crippen LogP contribution >= 0.6 is 0 Å². The summed E-state index contributed by atoms with van der Waals surface area (Å²) in [5.41, 5.74) is 2.90. The molecule has 4 rings (SSSR count). The van der Waals surface area contributed by atoms with Gasteiger partial charge in [-0.3, -0.25) is 0 Å². The number of hydrogen-bond acceptors (Lipinski definition) is 5. The number of nitrogens with zero attached hydrogens (tertiary/aromatic N) is 3. The van der Waals surface area contributed by atoms with E-state index in [9.17, 15) is 8.42 Å². The van der Waals surface area contributed by atoms with Gasteiger partial charge < -0.3 is 9.09 Å².